The average molecular weight is 385 g/mol. The van der Waals surface area contributed by atoms with Gasteiger partial charge in [0, 0.05) is 15.4 Å². The van der Waals surface area contributed by atoms with E-state index < -0.39 is 0 Å². The Balaban J connectivity index is 2.22. The first-order chi connectivity index (χ1) is 8.86. The zero-order valence-corrected chi connectivity index (χ0v) is 15.5. The monoisotopic (exact) mass is 384 g/mol. The minimum Gasteiger partial charge on any atom is -0.0918 e. The maximum absolute atomic E-state index is 3.77. The van der Waals surface area contributed by atoms with Crippen LogP contribution in [0, 0.1) is 0 Å². The van der Waals surface area contributed by atoms with Gasteiger partial charge < -0.3 is 0 Å². The van der Waals surface area contributed by atoms with E-state index in [1.807, 2.05) is 52.1 Å². The van der Waals surface area contributed by atoms with Crippen LogP contribution in [0.4, 0.5) is 0 Å². The third kappa shape index (κ3) is 4.25. The summed E-state index contributed by atoms with van der Waals surface area (Å²) in [5, 5.41) is 3.74. The number of allylic oxidation sites excluding steroid dienone is 3. The molecule has 0 radical (unpaired) electrons. The fourth-order valence-electron chi connectivity index (χ4n) is 1.12. The van der Waals surface area contributed by atoms with Gasteiger partial charge in [0.2, 0.25) is 0 Å². The van der Waals surface area contributed by atoms with Crippen molar-refractivity contribution in [1.82, 2.24) is 0 Å². The molecule has 0 aromatic heterocycles. The molecule has 0 amide bonds. The molecule has 1 saturated heterocycles. The largest absolute Gasteiger partial charge is 0.0918 e. The van der Waals surface area contributed by atoms with Crippen molar-refractivity contribution >= 4 is 84.4 Å². The van der Waals surface area contributed by atoms with Gasteiger partial charge in [0.25, 0.3) is 0 Å². The zero-order chi connectivity index (χ0) is 12.8. The summed E-state index contributed by atoms with van der Waals surface area (Å²) < 4.78 is 1.40. The van der Waals surface area contributed by atoms with Gasteiger partial charge in [0.05, 0.1) is 4.24 Å². The van der Waals surface area contributed by atoms with Crippen LogP contribution in [0.15, 0.2) is 55.7 Å². The van der Waals surface area contributed by atoms with E-state index in [-0.39, 0.29) is 0 Å². The second kappa shape index (κ2) is 8.71. The van der Waals surface area contributed by atoms with Crippen molar-refractivity contribution in [3.05, 3.63) is 55.7 Å². The van der Waals surface area contributed by atoms with Crippen LogP contribution in [0.25, 0.3) is 0 Å². The molecule has 0 spiro atoms. The molecule has 0 bridgehead atoms. The number of rotatable bonds is 6. The average Bonchev–Trinajstić information content (AvgIpc) is 3.02. The van der Waals surface area contributed by atoms with Crippen molar-refractivity contribution in [2.75, 3.05) is 0 Å². The summed E-state index contributed by atoms with van der Waals surface area (Å²) in [7, 11) is 14.3. The van der Waals surface area contributed by atoms with Crippen LogP contribution in [0.5, 0.6) is 0 Å². The predicted octanol–water partition coefficient (Wildman–Crippen LogP) is 7.72. The minimum atomic E-state index is 1.31. The molecule has 0 aromatic rings. The molecule has 96 valence electrons. The Morgan fingerprint density at radius 1 is 0.944 bits per heavy atom. The van der Waals surface area contributed by atoms with E-state index in [4.69, 9.17) is 0 Å². The SMILES string of the molecule is C=CSSC1=C(SSC=C)C(=C2SSSS2)C=C1. The van der Waals surface area contributed by atoms with Crippen molar-refractivity contribution in [3.63, 3.8) is 0 Å². The van der Waals surface area contributed by atoms with Gasteiger partial charge in [-0.1, -0.05) is 62.4 Å². The first kappa shape index (κ1) is 15.9. The van der Waals surface area contributed by atoms with Crippen LogP contribution >= 0.6 is 84.4 Å². The van der Waals surface area contributed by atoms with Crippen LogP contribution in [0.1, 0.15) is 0 Å². The van der Waals surface area contributed by atoms with E-state index in [0.717, 1.165) is 0 Å². The molecule has 2 rings (SSSR count). The van der Waals surface area contributed by atoms with Crippen molar-refractivity contribution in [2.45, 2.75) is 0 Å². The summed E-state index contributed by atoms with van der Waals surface area (Å²) in [6.07, 6.45) is 4.42. The first-order valence-electron chi connectivity index (χ1n) is 4.60. The van der Waals surface area contributed by atoms with Crippen LogP contribution in [-0.2, 0) is 0 Å². The molecule has 0 saturated carbocycles. The van der Waals surface area contributed by atoms with Gasteiger partial charge in [-0.05, 0) is 58.1 Å². The van der Waals surface area contributed by atoms with Crippen molar-refractivity contribution < 1.29 is 0 Å². The topological polar surface area (TPSA) is 0 Å². The maximum atomic E-state index is 3.77. The van der Waals surface area contributed by atoms with Crippen LogP contribution in [0.3, 0.4) is 0 Å². The Kier molecular flexibility index (Phi) is 7.69. The molecular formula is C10H8S8. The Hall–Kier alpha value is 1.50. The standard InChI is InChI=1S/C10H8S8/c1-3-11-13-8-6-5-7(9(8)14-12-4-2)10-15-17-18-16-10/h3-6H,1-2H2. The molecule has 8 heteroatoms. The van der Waals surface area contributed by atoms with Gasteiger partial charge >= 0.3 is 0 Å². The quantitative estimate of drug-likeness (QED) is 0.421. The normalized spacial score (nSPS) is 18.9. The highest BCUT2D eigenvalue weighted by Gasteiger charge is 2.23. The van der Waals surface area contributed by atoms with E-state index in [9.17, 15) is 0 Å². The molecule has 1 aliphatic heterocycles. The number of hydrogen-bond acceptors (Lipinski definition) is 8. The van der Waals surface area contributed by atoms with Gasteiger partial charge in [-0.2, -0.15) is 0 Å². The summed E-state index contributed by atoms with van der Waals surface area (Å²) in [5.74, 6) is 0. The highest BCUT2D eigenvalue weighted by Crippen LogP contribution is 2.64. The fraction of sp³-hybridized carbons (Fsp3) is 0. The van der Waals surface area contributed by atoms with Gasteiger partial charge in [-0.15, -0.1) is 0 Å². The smallest absolute Gasteiger partial charge is 0.0720 e. The molecule has 0 N–H and O–H groups in total. The van der Waals surface area contributed by atoms with E-state index in [2.05, 4.69) is 25.3 Å². The predicted molar refractivity (Wildman–Crippen MR) is 104 cm³/mol. The van der Waals surface area contributed by atoms with E-state index in [0.29, 0.717) is 0 Å². The molecule has 0 nitrogen and oxygen atoms in total. The second-order valence-electron chi connectivity index (χ2n) is 2.72. The first-order valence-corrected chi connectivity index (χ1v) is 13.8. The lowest BCUT2D eigenvalue weighted by molar-refractivity contribution is 1.77. The van der Waals surface area contributed by atoms with Crippen molar-refractivity contribution in [3.8, 4) is 0 Å². The zero-order valence-electron chi connectivity index (χ0n) is 8.99. The van der Waals surface area contributed by atoms with Gasteiger partial charge in [-0.25, -0.2) is 0 Å². The van der Waals surface area contributed by atoms with Gasteiger partial charge in [0.1, 0.15) is 0 Å². The summed E-state index contributed by atoms with van der Waals surface area (Å²) in [6, 6.07) is 0. The molecule has 1 fully saturated rings. The molecular weight excluding hydrogens is 377 g/mol. The van der Waals surface area contributed by atoms with E-state index in [1.54, 1.807) is 43.2 Å². The molecule has 1 aliphatic carbocycles. The third-order valence-corrected chi connectivity index (χ3v) is 12.8. The van der Waals surface area contributed by atoms with E-state index >= 15 is 0 Å². The van der Waals surface area contributed by atoms with Gasteiger partial charge in [-0.3, -0.25) is 0 Å². The molecule has 18 heavy (non-hydrogen) atoms. The van der Waals surface area contributed by atoms with Crippen molar-refractivity contribution in [1.29, 1.82) is 0 Å². The minimum absolute atomic E-state index is 1.31. The third-order valence-electron chi connectivity index (χ3n) is 1.74. The molecule has 0 aromatic carbocycles. The molecule has 2 aliphatic rings. The lowest BCUT2D eigenvalue weighted by Crippen LogP contribution is -1.79. The Labute approximate surface area is 139 Å². The van der Waals surface area contributed by atoms with Crippen molar-refractivity contribution in [2.24, 2.45) is 0 Å². The second-order valence-corrected chi connectivity index (χ2v) is 13.1. The molecule has 1 heterocycles. The Morgan fingerprint density at radius 3 is 2.28 bits per heavy atom. The highest BCUT2D eigenvalue weighted by molar-refractivity contribution is 9.32. The fourth-order valence-corrected chi connectivity index (χ4v) is 12.3. The number of hydrogen-bond donors (Lipinski definition) is 0. The lowest BCUT2D eigenvalue weighted by atomic mass is 10.3. The summed E-state index contributed by atoms with van der Waals surface area (Å²) in [6.45, 7) is 7.51. The summed E-state index contributed by atoms with van der Waals surface area (Å²) in [5.41, 5.74) is 1.36. The molecule has 0 atom stereocenters. The van der Waals surface area contributed by atoms with Crippen LogP contribution in [-0.4, -0.2) is 0 Å². The van der Waals surface area contributed by atoms with Gasteiger partial charge in [0.15, 0.2) is 0 Å². The summed E-state index contributed by atoms with van der Waals surface area (Å²) >= 11 is 0. The van der Waals surface area contributed by atoms with Crippen LogP contribution in [0.2, 0.25) is 0 Å². The maximum Gasteiger partial charge on any atom is 0.0720 e. The summed E-state index contributed by atoms with van der Waals surface area (Å²) in [4.78, 5) is 2.65. The highest BCUT2D eigenvalue weighted by atomic mass is 33.7. The Bertz CT molecular complexity index is 425. The Morgan fingerprint density at radius 2 is 1.61 bits per heavy atom. The van der Waals surface area contributed by atoms with Crippen LogP contribution < -0.4 is 0 Å². The van der Waals surface area contributed by atoms with E-state index in [1.165, 1.54) is 19.6 Å². The molecule has 0 unspecified atom stereocenters. The lowest BCUT2D eigenvalue weighted by Gasteiger charge is -2.07.